The standard InChI is InChI=1S/C25H31N5O3/c1-4-11-26-23(31)19-9-12-30(13-10-19)25(33)29-21-7-5-20(6-8-21)27-24(32)28-22-15-17(2)14-18(3)16-22/h4-8,14-16,19H,1,9-13H2,2-3H3,(H,26,31)(H,29,33)(H2,27,28,32). The highest BCUT2D eigenvalue weighted by Crippen LogP contribution is 2.20. The summed E-state index contributed by atoms with van der Waals surface area (Å²) >= 11 is 0. The zero-order chi connectivity index (χ0) is 23.8. The van der Waals surface area contributed by atoms with Crippen molar-refractivity contribution < 1.29 is 14.4 Å². The third-order valence-electron chi connectivity index (χ3n) is 5.45. The third-order valence-corrected chi connectivity index (χ3v) is 5.45. The molecule has 0 radical (unpaired) electrons. The highest BCUT2D eigenvalue weighted by atomic mass is 16.2. The van der Waals surface area contributed by atoms with Crippen LogP contribution in [-0.4, -0.2) is 42.5 Å². The van der Waals surface area contributed by atoms with Gasteiger partial charge in [0.2, 0.25) is 5.91 Å². The highest BCUT2D eigenvalue weighted by molar-refractivity contribution is 6.00. The van der Waals surface area contributed by atoms with Crippen LogP contribution < -0.4 is 21.3 Å². The van der Waals surface area contributed by atoms with Crippen LogP contribution in [0.3, 0.4) is 0 Å². The zero-order valence-corrected chi connectivity index (χ0v) is 19.1. The molecule has 1 saturated heterocycles. The molecule has 1 aliphatic rings. The van der Waals surface area contributed by atoms with Crippen LogP contribution in [0, 0.1) is 19.8 Å². The van der Waals surface area contributed by atoms with Crippen LogP contribution >= 0.6 is 0 Å². The number of amides is 5. The van der Waals surface area contributed by atoms with Gasteiger partial charge in [0, 0.05) is 42.6 Å². The van der Waals surface area contributed by atoms with E-state index in [1.807, 2.05) is 32.0 Å². The van der Waals surface area contributed by atoms with Gasteiger partial charge in [-0.25, -0.2) is 9.59 Å². The molecule has 5 amide bonds. The number of likely N-dealkylation sites (tertiary alicyclic amines) is 1. The number of nitrogens with zero attached hydrogens (tertiary/aromatic N) is 1. The van der Waals surface area contributed by atoms with Crippen LogP contribution in [0.1, 0.15) is 24.0 Å². The molecule has 3 rings (SSSR count). The first kappa shape index (κ1) is 23.8. The van der Waals surface area contributed by atoms with Gasteiger partial charge in [-0.2, -0.15) is 0 Å². The average Bonchev–Trinajstić information content (AvgIpc) is 2.78. The quantitative estimate of drug-likeness (QED) is 0.489. The first-order valence-corrected chi connectivity index (χ1v) is 11.0. The van der Waals surface area contributed by atoms with Crippen LogP contribution in [0.4, 0.5) is 26.7 Å². The zero-order valence-electron chi connectivity index (χ0n) is 19.1. The maximum atomic E-state index is 12.6. The summed E-state index contributed by atoms with van der Waals surface area (Å²) in [7, 11) is 0. The lowest BCUT2D eigenvalue weighted by atomic mass is 9.96. The fraction of sp³-hybridized carbons (Fsp3) is 0.320. The topological polar surface area (TPSA) is 103 Å². The van der Waals surface area contributed by atoms with Gasteiger partial charge in [-0.15, -0.1) is 6.58 Å². The monoisotopic (exact) mass is 449 g/mol. The number of hydrogen-bond donors (Lipinski definition) is 4. The van der Waals surface area contributed by atoms with E-state index in [9.17, 15) is 14.4 Å². The molecular weight excluding hydrogens is 418 g/mol. The van der Waals surface area contributed by atoms with Crippen molar-refractivity contribution in [3.05, 3.63) is 66.2 Å². The van der Waals surface area contributed by atoms with E-state index in [1.54, 1.807) is 35.2 Å². The van der Waals surface area contributed by atoms with Gasteiger partial charge in [-0.1, -0.05) is 12.1 Å². The SMILES string of the molecule is C=CCNC(=O)C1CCN(C(=O)Nc2ccc(NC(=O)Nc3cc(C)cc(C)c3)cc2)CC1. The number of urea groups is 2. The predicted octanol–water partition coefficient (Wildman–Crippen LogP) is 4.49. The van der Waals surface area contributed by atoms with Crippen molar-refractivity contribution >= 4 is 35.0 Å². The molecule has 0 spiro atoms. The first-order chi connectivity index (χ1) is 15.8. The Morgan fingerprint density at radius 1 is 0.909 bits per heavy atom. The molecule has 174 valence electrons. The van der Waals surface area contributed by atoms with E-state index in [1.165, 1.54) is 0 Å². The van der Waals surface area contributed by atoms with E-state index in [0.717, 1.165) is 16.8 Å². The lowest BCUT2D eigenvalue weighted by Gasteiger charge is -2.31. The number of carbonyl (C=O) groups is 3. The number of nitrogens with one attached hydrogen (secondary N) is 4. The molecule has 1 aliphatic heterocycles. The Kier molecular flexibility index (Phi) is 8.07. The predicted molar refractivity (Wildman–Crippen MR) is 132 cm³/mol. The number of piperidine rings is 1. The van der Waals surface area contributed by atoms with Crippen molar-refractivity contribution in [3.8, 4) is 0 Å². The minimum atomic E-state index is -0.336. The summed E-state index contributed by atoms with van der Waals surface area (Å²) < 4.78 is 0. The van der Waals surface area contributed by atoms with Crippen LogP contribution in [-0.2, 0) is 4.79 Å². The lowest BCUT2D eigenvalue weighted by Crippen LogP contribution is -2.44. The van der Waals surface area contributed by atoms with Crippen molar-refractivity contribution in [2.75, 3.05) is 35.6 Å². The van der Waals surface area contributed by atoms with Gasteiger partial charge >= 0.3 is 12.1 Å². The third kappa shape index (κ3) is 7.10. The number of rotatable bonds is 6. The maximum Gasteiger partial charge on any atom is 0.323 e. The molecule has 8 nitrogen and oxygen atoms in total. The van der Waals surface area contributed by atoms with E-state index >= 15 is 0 Å². The van der Waals surface area contributed by atoms with Gasteiger partial charge in [0.15, 0.2) is 0 Å². The Morgan fingerprint density at radius 2 is 1.45 bits per heavy atom. The number of anilines is 3. The molecule has 8 heteroatoms. The van der Waals surface area contributed by atoms with Crippen molar-refractivity contribution in [2.24, 2.45) is 5.92 Å². The van der Waals surface area contributed by atoms with Crippen molar-refractivity contribution in [1.29, 1.82) is 0 Å². The Bertz CT molecular complexity index is 991. The van der Waals surface area contributed by atoms with E-state index in [0.29, 0.717) is 43.9 Å². The van der Waals surface area contributed by atoms with Gasteiger partial charge in [0.25, 0.3) is 0 Å². The number of benzene rings is 2. The summed E-state index contributed by atoms with van der Waals surface area (Å²) in [6.07, 6.45) is 2.92. The summed E-state index contributed by atoms with van der Waals surface area (Å²) in [4.78, 5) is 38.6. The van der Waals surface area contributed by atoms with E-state index in [4.69, 9.17) is 0 Å². The average molecular weight is 450 g/mol. The first-order valence-electron chi connectivity index (χ1n) is 11.0. The summed E-state index contributed by atoms with van der Waals surface area (Å²) in [5.41, 5.74) is 4.12. The van der Waals surface area contributed by atoms with Gasteiger partial charge in [0.1, 0.15) is 0 Å². The molecule has 0 bridgehead atoms. The summed E-state index contributed by atoms with van der Waals surface area (Å²) in [6, 6.07) is 12.2. The number of hydrogen-bond acceptors (Lipinski definition) is 3. The Labute approximate surface area is 194 Å². The summed E-state index contributed by atoms with van der Waals surface area (Å²) in [5, 5.41) is 11.3. The minimum Gasteiger partial charge on any atom is -0.352 e. The minimum absolute atomic E-state index is 0.0135. The Morgan fingerprint density at radius 3 is 2.03 bits per heavy atom. The molecule has 1 fully saturated rings. The second-order valence-corrected chi connectivity index (χ2v) is 8.26. The molecule has 0 unspecified atom stereocenters. The molecule has 4 N–H and O–H groups in total. The number of aryl methyl sites for hydroxylation is 2. The van der Waals surface area contributed by atoms with E-state index < -0.39 is 0 Å². The smallest absolute Gasteiger partial charge is 0.323 e. The Hall–Kier alpha value is -3.81. The second kappa shape index (κ2) is 11.2. The molecule has 33 heavy (non-hydrogen) atoms. The summed E-state index contributed by atoms with van der Waals surface area (Å²) in [6.45, 7) is 9.06. The van der Waals surface area contributed by atoms with Crippen molar-refractivity contribution in [1.82, 2.24) is 10.2 Å². The fourth-order valence-electron chi connectivity index (χ4n) is 3.84. The van der Waals surface area contributed by atoms with Crippen molar-refractivity contribution in [2.45, 2.75) is 26.7 Å². The normalized spacial score (nSPS) is 13.7. The van der Waals surface area contributed by atoms with Gasteiger partial charge in [0.05, 0.1) is 0 Å². The molecule has 1 heterocycles. The van der Waals surface area contributed by atoms with E-state index in [-0.39, 0.29) is 23.9 Å². The van der Waals surface area contributed by atoms with Crippen LogP contribution in [0.2, 0.25) is 0 Å². The second-order valence-electron chi connectivity index (χ2n) is 8.26. The largest absolute Gasteiger partial charge is 0.352 e. The summed E-state index contributed by atoms with van der Waals surface area (Å²) in [5.74, 6) is -0.0613. The molecular formula is C25H31N5O3. The van der Waals surface area contributed by atoms with Gasteiger partial charge in [-0.3, -0.25) is 4.79 Å². The molecule has 2 aromatic rings. The molecule has 0 aromatic heterocycles. The van der Waals surface area contributed by atoms with Crippen LogP contribution in [0.15, 0.2) is 55.1 Å². The van der Waals surface area contributed by atoms with Crippen LogP contribution in [0.5, 0.6) is 0 Å². The molecule has 0 saturated carbocycles. The van der Waals surface area contributed by atoms with Gasteiger partial charge < -0.3 is 26.2 Å². The van der Waals surface area contributed by atoms with Crippen molar-refractivity contribution in [3.63, 3.8) is 0 Å². The molecule has 2 aromatic carbocycles. The molecule has 0 aliphatic carbocycles. The fourth-order valence-corrected chi connectivity index (χ4v) is 3.84. The molecule has 0 atom stereocenters. The maximum absolute atomic E-state index is 12.6. The van der Waals surface area contributed by atoms with Gasteiger partial charge in [-0.05, 0) is 74.2 Å². The van der Waals surface area contributed by atoms with E-state index in [2.05, 4.69) is 27.8 Å². The highest BCUT2D eigenvalue weighted by Gasteiger charge is 2.27. The van der Waals surface area contributed by atoms with Crippen LogP contribution in [0.25, 0.3) is 0 Å². The Balaban J connectivity index is 1.46. The number of carbonyl (C=O) groups excluding carboxylic acids is 3. The lowest BCUT2D eigenvalue weighted by molar-refractivity contribution is -0.126.